The van der Waals surface area contributed by atoms with Crippen LogP contribution in [0.1, 0.15) is 24.2 Å². The Labute approximate surface area is 105 Å². The lowest BCUT2D eigenvalue weighted by atomic mass is 10.2. The van der Waals surface area contributed by atoms with Crippen LogP contribution < -0.4 is 5.43 Å². The zero-order valence-electron chi connectivity index (χ0n) is 10.3. The molecule has 2 rings (SSSR count). The van der Waals surface area contributed by atoms with Crippen LogP contribution in [0.25, 0.3) is 0 Å². The van der Waals surface area contributed by atoms with Crippen molar-refractivity contribution >= 4 is 11.9 Å². The molecule has 2 N–H and O–H groups in total. The van der Waals surface area contributed by atoms with E-state index in [9.17, 15) is 9.59 Å². The fourth-order valence-corrected chi connectivity index (χ4v) is 2.04. The van der Waals surface area contributed by atoms with Gasteiger partial charge in [-0.3, -0.25) is 14.9 Å². The maximum Gasteiger partial charge on any atom is 0.332 e. The van der Waals surface area contributed by atoms with Crippen LogP contribution in [0.15, 0.2) is 12.1 Å². The molecule has 0 aliphatic carbocycles. The molecule has 1 fully saturated rings. The first kappa shape index (κ1) is 12.6. The summed E-state index contributed by atoms with van der Waals surface area (Å²) in [5, 5.41) is 8.80. The van der Waals surface area contributed by atoms with E-state index in [1.165, 1.54) is 0 Å². The molecule has 1 aromatic rings. The van der Waals surface area contributed by atoms with Gasteiger partial charge < -0.3 is 9.84 Å². The third kappa shape index (κ3) is 2.38. The highest BCUT2D eigenvalue weighted by atomic mass is 16.5. The summed E-state index contributed by atoms with van der Waals surface area (Å²) in [5.74, 6) is -1.32. The van der Waals surface area contributed by atoms with Crippen LogP contribution in [0.2, 0.25) is 0 Å². The van der Waals surface area contributed by atoms with Crippen molar-refractivity contribution in [2.24, 2.45) is 0 Å². The molecule has 1 saturated heterocycles. The molecule has 0 aromatic carbocycles. The summed E-state index contributed by atoms with van der Waals surface area (Å²) in [4.78, 5) is 22.7. The number of amides is 1. The molecule has 2 heterocycles. The van der Waals surface area contributed by atoms with Crippen molar-refractivity contribution in [2.45, 2.75) is 38.9 Å². The molecule has 6 heteroatoms. The van der Waals surface area contributed by atoms with Gasteiger partial charge in [-0.1, -0.05) is 0 Å². The van der Waals surface area contributed by atoms with Gasteiger partial charge in [0.1, 0.15) is 6.10 Å². The van der Waals surface area contributed by atoms with Crippen molar-refractivity contribution < 1.29 is 19.4 Å². The normalized spacial score (nSPS) is 23.0. The lowest BCUT2D eigenvalue weighted by Gasteiger charge is -2.15. The summed E-state index contributed by atoms with van der Waals surface area (Å²) in [6.07, 6.45) is -0.751. The predicted octanol–water partition coefficient (Wildman–Crippen LogP) is 0.807. The second-order valence-corrected chi connectivity index (χ2v) is 4.46. The lowest BCUT2D eigenvalue weighted by Crippen LogP contribution is -2.35. The average Bonchev–Trinajstić information content (AvgIpc) is 2.91. The number of nitrogens with zero attached hydrogens (tertiary/aromatic N) is 1. The summed E-state index contributed by atoms with van der Waals surface area (Å²) in [7, 11) is 0. The third-order valence-corrected chi connectivity index (χ3v) is 3.08. The van der Waals surface area contributed by atoms with Crippen LogP contribution >= 0.6 is 0 Å². The predicted molar refractivity (Wildman–Crippen MR) is 63.8 cm³/mol. The van der Waals surface area contributed by atoms with Gasteiger partial charge >= 0.3 is 5.97 Å². The Morgan fingerprint density at radius 1 is 1.28 bits per heavy atom. The molecule has 0 saturated carbocycles. The van der Waals surface area contributed by atoms with Crippen molar-refractivity contribution in [3.63, 3.8) is 0 Å². The largest absolute Gasteiger partial charge is 0.479 e. The van der Waals surface area contributed by atoms with Crippen molar-refractivity contribution in [1.29, 1.82) is 0 Å². The van der Waals surface area contributed by atoms with Crippen LogP contribution in [-0.4, -0.2) is 33.9 Å². The van der Waals surface area contributed by atoms with Crippen LogP contribution in [0, 0.1) is 13.8 Å². The minimum Gasteiger partial charge on any atom is -0.479 e. The van der Waals surface area contributed by atoms with E-state index in [0.29, 0.717) is 12.8 Å². The highest BCUT2D eigenvalue weighted by Gasteiger charge is 2.34. The van der Waals surface area contributed by atoms with Crippen LogP contribution in [0.3, 0.4) is 0 Å². The molecule has 0 spiro atoms. The van der Waals surface area contributed by atoms with E-state index in [1.807, 2.05) is 26.0 Å². The number of carbonyl (C=O) groups is 2. The molecule has 98 valence electrons. The second-order valence-electron chi connectivity index (χ2n) is 4.46. The van der Waals surface area contributed by atoms with Crippen LogP contribution in [0.4, 0.5) is 0 Å². The quantitative estimate of drug-likeness (QED) is 0.834. The molecule has 1 aliphatic rings. The standard InChI is InChI=1S/C12H16N2O4/c1-7-3-4-8(2)14(7)13-11(15)9-5-6-10(18-9)12(16)17/h3-4,9-10H,5-6H2,1-2H3,(H,13,15)(H,16,17). The molecule has 1 aromatic heterocycles. The van der Waals surface area contributed by atoms with Gasteiger partial charge in [-0.25, -0.2) is 4.79 Å². The molecule has 2 atom stereocenters. The zero-order valence-corrected chi connectivity index (χ0v) is 10.3. The van der Waals surface area contributed by atoms with E-state index < -0.39 is 18.2 Å². The van der Waals surface area contributed by atoms with Crippen molar-refractivity contribution in [1.82, 2.24) is 4.68 Å². The van der Waals surface area contributed by atoms with Gasteiger partial charge in [0.05, 0.1) is 0 Å². The Kier molecular flexibility index (Phi) is 3.38. The van der Waals surface area contributed by atoms with Gasteiger partial charge in [-0.2, -0.15) is 0 Å². The number of ether oxygens (including phenoxy) is 1. The Balaban J connectivity index is 2.00. The fraction of sp³-hybridized carbons (Fsp3) is 0.500. The summed E-state index contributed by atoms with van der Waals surface area (Å²) in [6, 6.07) is 3.79. The van der Waals surface area contributed by atoms with Gasteiger partial charge in [-0.15, -0.1) is 0 Å². The average molecular weight is 252 g/mol. The Morgan fingerprint density at radius 3 is 2.33 bits per heavy atom. The number of hydrogen-bond donors (Lipinski definition) is 2. The maximum absolute atomic E-state index is 11.9. The summed E-state index contributed by atoms with van der Waals surface area (Å²) in [5.41, 5.74) is 4.54. The highest BCUT2D eigenvalue weighted by Crippen LogP contribution is 2.20. The van der Waals surface area contributed by atoms with Crippen molar-refractivity contribution in [2.75, 3.05) is 5.43 Å². The highest BCUT2D eigenvalue weighted by molar-refractivity contribution is 5.89. The summed E-state index contributed by atoms with van der Waals surface area (Å²) in [6.45, 7) is 3.76. The van der Waals surface area contributed by atoms with E-state index in [2.05, 4.69) is 5.43 Å². The topological polar surface area (TPSA) is 80.6 Å². The SMILES string of the molecule is Cc1ccc(C)n1NC(=O)C1CCC(C(=O)O)O1. The van der Waals surface area contributed by atoms with Crippen molar-refractivity contribution in [3.05, 3.63) is 23.5 Å². The number of rotatable bonds is 3. The monoisotopic (exact) mass is 252 g/mol. The van der Waals surface area contributed by atoms with E-state index in [-0.39, 0.29) is 5.91 Å². The summed E-state index contributed by atoms with van der Waals surface area (Å²) < 4.78 is 6.85. The maximum atomic E-state index is 11.9. The van der Waals surface area contributed by atoms with E-state index in [4.69, 9.17) is 9.84 Å². The Bertz CT molecular complexity index is 461. The molecule has 1 aliphatic heterocycles. The lowest BCUT2D eigenvalue weighted by molar-refractivity contribution is -0.151. The van der Waals surface area contributed by atoms with Gasteiger partial charge in [0.25, 0.3) is 5.91 Å². The smallest absolute Gasteiger partial charge is 0.332 e. The van der Waals surface area contributed by atoms with Crippen LogP contribution in [-0.2, 0) is 14.3 Å². The molecular weight excluding hydrogens is 236 g/mol. The van der Waals surface area contributed by atoms with Gasteiger partial charge in [0.2, 0.25) is 0 Å². The number of aryl methyl sites for hydroxylation is 2. The number of nitrogens with one attached hydrogen (secondary N) is 1. The summed E-state index contributed by atoms with van der Waals surface area (Å²) >= 11 is 0. The molecular formula is C12H16N2O4. The molecule has 0 bridgehead atoms. The molecule has 6 nitrogen and oxygen atoms in total. The molecule has 2 unspecified atom stereocenters. The first-order valence-electron chi connectivity index (χ1n) is 5.83. The van der Waals surface area contributed by atoms with E-state index in [0.717, 1.165) is 11.4 Å². The fourth-order valence-electron chi connectivity index (χ4n) is 2.04. The number of aliphatic carboxylic acids is 1. The van der Waals surface area contributed by atoms with Gasteiger partial charge in [-0.05, 0) is 38.8 Å². The minimum atomic E-state index is -1.02. The second kappa shape index (κ2) is 4.81. The Hall–Kier alpha value is -1.82. The molecule has 0 radical (unpaired) electrons. The Morgan fingerprint density at radius 2 is 1.83 bits per heavy atom. The number of hydrogen-bond acceptors (Lipinski definition) is 3. The minimum absolute atomic E-state index is 0.304. The molecule has 18 heavy (non-hydrogen) atoms. The van der Waals surface area contributed by atoms with E-state index >= 15 is 0 Å². The number of carboxylic acids is 1. The third-order valence-electron chi connectivity index (χ3n) is 3.08. The first-order valence-corrected chi connectivity index (χ1v) is 5.83. The van der Waals surface area contributed by atoms with Gasteiger partial charge in [0.15, 0.2) is 6.10 Å². The first-order chi connectivity index (χ1) is 8.49. The zero-order chi connectivity index (χ0) is 13.3. The van der Waals surface area contributed by atoms with E-state index in [1.54, 1.807) is 4.68 Å². The number of aromatic nitrogens is 1. The van der Waals surface area contributed by atoms with Crippen LogP contribution in [0.5, 0.6) is 0 Å². The number of carbonyl (C=O) groups excluding carboxylic acids is 1. The van der Waals surface area contributed by atoms with Crippen molar-refractivity contribution in [3.8, 4) is 0 Å². The molecule has 1 amide bonds. The van der Waals surface area contributed by atoms with Gasteiger partial charge in [0, 0.05) is 11.4 Å². The number of carboxylic acid groups (broad SMARTS) is 1.